The Morgan fingerprint density at radius 2 is 2.11 bits per heavy atom. The Bertz CT molecular complexity index is 449. The first-order chi connectivity index (χ1) is 8.38. The van der Waals surface area contributed by atoms with Crippen LogP contribution in [0.1, 0.15) is 36.5 Å². The molecule has 0 aliphatic heterocycles. The number of aliphatic hydroxyl groups excluding tert-OH is 1. The third-order valence-corrected chi connectivity index (χ3v) is 2.57. The highest BCUT2D eigenvalue weighted by molar-refractivity contribution is 5.43. The number of halogens is 3. The molecule has 1 N–H and O–H groups in total. The molecule has 1 aromatic rings. The summed E-state index contributed by atoms with van der Waals surface area (Å²) in [6.45, 7) is 1.79. The van der Waals surface area contributed by atoms with Gasteiger partial charge in [0, 0.05) is 0 Å². The van der Waals surface area contributed by atoms with E-state index in [0.29, 0.717) is 18.4 Å². The number of alkyl halides is 3. The van der Waals surface area contributed by atoms with Gasteiger partial charge in [-0.2, -0.15) is 18.4 Å². The zero-order valence-corrected chi connectivity index (χ0v) is 9.83. The summed E-state index contributed by atoms with van der Waals surface area (Å²) in [5.74, 6) is 0. The van der Waals surface area contributed by atoms with Crippen LogP contribution in [0.3, 0.4) is 0 Å². The summed E-state index contributed by atoms with van der Waals surface area (Å²) in [6, 6.07) is 5.04. The molecule has 97 valence electrons. The predicted octanol–water partition coefficient (Wildman–Crippen LogP) is 3.29. The van der Waals surface area contributed by atoms with E-state index < -0.39 is 23.4 Å². The predicted molar refractivity (Wildman–Crippen MR) is 60.5 cm³/mol. The Hall–Kier alpha value is -1.54. The van der Waals surface area contributed by atoms with Gasteiger partial charge < -0.3 is 5.11 Å². The summed E-state index contributed by atoms with van der Waals surface area (Å²) < 4.78 is 38.0. The van der Waals surface area contributed by atoms with E-state index in [0.717, 1.165) is 12.1 Å². The smallest absolute Gasteiger partial charge is 0.393 e. The second-order valence-corrected chi connectivity index (χ2v) is 3.92. The summed E-state index contributed by atoms with van der Waals surface area (Å²) >= 11 is 0. The molecular weight excluding hydrogens is 243 g/mol. The minimum Gasteiger partial charge on any atom is -0.393 e. The Morgan fingerprint density at radius 3 is 2.61 bits per heavy atom. The summed E-state index contributed by atoms with van der Waals surface area (Å²) in [5.41, 5.74) is -0.978. The van der Waals surface area contributed by atoms with Gasteiger partial charge in [-0.25, -0.2) is 0 Å². The Labute approximate surface area is 104 Å². The molecule has 18 heavy (non-hydrogen) atoms. The molecule has 0 saturated carbocycles. The number of hydrogen-bond donors (Lipinski definition) is 1. The molecule has 1 unspecified atom stereocenters. The largest absolute Gasteiger partial charge is 0.417 e. The monoisotopic (exact) mass is 256 g/mol. The van der Waals surface area contributed by atoms with Gasteiger partial charge in [-0.1, -0.05) is 13.0 Å². The second-order valence-electron chi connectivity index (χ2n) is 3.92. The highest BCUT2D eigenvalue weighted by atomic mass is 19.4. The van der Waals surface area contributed by atoms with E-state index in [1.807, 2.05) is 0 Å². The molecule has 2 nitrogen and oxygen atoms in total. The van der Waals surface area contributed by atoms with Crippen LogP contribution < -0.4 is 0 Å². The number of hydrogen-bond acceptors (Lipinski definition) is 2. The fraction of sp³-hybridized carbons (Fsp3) is 0.385. The van der Waals surface area contributed by atoms with Crippen molar-refractivity contribution in [2.75, 3.05) is 0 Å². The summed E-state index contributed by atoms with van der Waals surface area (Å²) in [6.07, 6.45) is -2.74. The molecule has 0 bridgehead atoms. The zero-order chi connectivity index (χ0) is 13.8. The van der Waals surface area contributed by atoms with Crippen molar-refractivity contribution in [3.8, 4) is 6.07 Å². The fourth-order valence-corrected chi connectivity index (χ4v) is 1.46. The summed E-state index contributed by atoms with van der Waals surface area (Å²) in [7, 11) is 0. The van der Waals surface area contributed by atoms with Gasteiger partial charge in [-0.05, 0) is 37.0 Å². The molecule has 1 aromatic carbocycles. The average molecular weight is 256 g/mol. The van der Waals surface area contributed by atoms with Crippen LogP contribution in [-0.2, 0) is 6.18 Å². The molecule has 0 fully saturated rings. The van der Waals surface area contributed by atoms with Gasteiger partial charge in [0.05, 0.1) is 23.3 Å². The minimum absolute atomic E-state index is 0.291. The highest BCUT2D eigenvalue weighted by Gasteiger charge is 2.33. The topological polar surface area (TPSA) is 44.0 Å². The minimum atomic E-state index is -4.54. The molecule has 0 amide bonds. The van der Waals surface area contributed by atoms with Gasteiger partial charge in [0.25, 0.3) is 0 Å². The zero-order valence-electron chi connectivity index (χ0n) is 9.83. The van der Waals surface area contributed by atoms with Crippen LogP contribution in [0.25, 0.3) is 0 Å². The molecular formula is C13H13F3NO. The van der Waals surface area contributed by atoms with E-state index in [1.165, 1.54) is 18.6 Å². The Morgan fingerprint density at radius 1 is 1.44 bits per heavy atom. The first kappa shape index (κ1) is 14.5. The van der Waals surface area contributed by atoms with Crippen LogP contribution in [-0.4, -0.2) is 11.2 Å². The van der Waals surface area contributed by atoms with Crippen molar-refractivity contribution in [1.29, 1.82) is 5.26 Å². The molecule has 0 aliphatic rings. The molecule has 0 aliphatic carbocycles. The van der Waals surface area contributed by atoms with Crippen molar-refractivity contribution in [1.82, 2.24) is 0 Å². The van der Waals surface area contributed by atoms with E-state index in [9.17, 15) is 18.3 Å². The Balaban J connectivity index is 2.94. The quantitative estimate of drug-likeness (QED) is 0.898. The van der Waals surface area contributed by atoms with Gasteiger partial charge in [-0.3, -0.25) is 0 Å². The summed E-state index contributed by atoms with van der Waals surface area (Å²) in [4.78, 5) is 0. The SMILES string of the molecule is CCC(O)C[CH]c1ccc(C#N)c(C(F)(F)F)c1. The lowest BCUT2D eigenvalue weighted by molar-refractivity contribution is -0.137. The lowest BCUT2D eigenvalue weighted by Crippen LogP contribution is -2.09. The lowest BCUT2D eigenvalue weighted by atomic mass is 10.00. The lowest BCUT2D eigenvalue weighted by Gasteiger charge is -2.11. The van der Waals surface area contributed by atoms with E-state index in [-0.39, 0.29) is 0 Å². The fourth-order valence-electron chi connectivity index (χ4n) is 1.46. The van der Waals surface area contributed by atoms with Crippen LogP contribution in [0, 0.1) is 17.8 Å². The number of benzene rings is 1. The second kappa shape index (κ2) is 5.87. The highest BCUT2D eigenvalue weighted by Crippen LogP contribution is 2.32. The first-order valence-electron chi connectivity index (χ1n) is 5.51. The van der Waals surface area contributed by atoms with E-state index in [1.54, 1.807) is 6.92 Å². The molecule has 5 heteroatoms. The normalized spacial score (nSPS) is 13.1. The molecule has 0 spiro atoms. The molecule has 1 atom stereocenters. The van der Waals surface area contributed by atoms with Crippen LogP contribution in [0.5, 0.6) is 0 Å². The van der Waals surface area contributed by atoms with Crippen molar-refractivity contribution in [2.24, 2.45) is 0 Å². The van der Waals surface area contributed by atoms with E-state index in [4.69, 9.17) is 5.26 Å². The van der Waals surface area contributed by atoms with E-state index >= 15 is 0 Å². The maximum atomic E-state index is 12.7. The van der Waals surface area contributed by atoms with Crippen molar-refractivity contribution in [3.05, 3.63) is 41.3 Å². The number of aliphatic hydroxyl groups is 1. The molecule has 0 heterocycles. The molecule has 1 rings (SSSR count). The van der Waals surface area contributed by atoms with Crippen molar-refractivity contribution in [2.45, 2.75) is 32.0 Å². The first-order valence-corrected chi connectivity index (χ1v) is 5.51. The van der Waals surface area contributed by atoms with Gasteiger partial charge in [-0.15, -0.1) is 0 Å². The average Bonchev–Trinajstić information content (AvgIpc) is 2.34. The van der Waals surface area contributed by atoms with Crippen LogP contribution >= 0.6 is 0 Å². The maximum absolute atomic E-state index is 12.7. The number of nitrogens with zero attached hydrogens (tertiary/aromatic N) is 1. The third kappa shape index (κ3) is 3.74. The van der Waals surface area contributed by atoms with Gasteiger partial charge in [0.1, 0.15) is 0 Å². The molecule has 1 radical (unpaired) electrons. The third-order valence-electron chi connectivity index (χ3n) is 2.57. The van der Waals surface area contributed by atoms with E-state index in [2.05, 4.69) is 0 Å². The molecule has 0 aromatic heterocycles. The van der Waals surface area contributed by atoms with Gasteiger partial charge in [0.15, 0.2) is 0 Å². The number of rotatable bonds is 4. The van der Waals surface area contributed by atoms with Gasteiger partial charge >= 0.3 is 6.18 Å². The van der Waals surface area contributed by atoms with Gasteiger partial charge in [0.2, 0.25) is 0 Å². The summed E-state index contributed by atoms with van der Waals surface area (Å²) in [5, 5.41) is 18.0. The van der Waals surface area contributed by atoms with Crippen LogP contribution in [0.4, 0.5) is 13.2 Å². The Kier molecular flexibility index (Phi) is 4.74. The van der Waals surface area contributed by atoms with Crippen LogP contribution in [0.15, 0.2) is 18.2 Å². The molecule has 0 saturated heterocycles. The van der Waals surface area contributed by atoms with Crippen molar-refractivity contribution < 1.29 is 18.3 Å². The number of nitriles is 1. The maximum Gasteiger partial charge on any atom is 0.417 e. The van der Waals surface area contributed by atoms with Crippen molar-refractivity contribution >= 4 is 0 Å². The standard InChI is InChI=1S/C13H13F3NO/c1-2-11(18)6-4-9-3-5-10(8-17)12(7-9)13(14,15)16/h3-5,7,11,18H,2,6H2,1H3. The van der Waals surface area contributed by atoms with Crippen molar-refractivity contribution in [3.63, 3.8) is 0 Å². The van der Waals surface area contributed by atoms with Crippen LogP contribution in [0.2, 0.25) is 0 Å².